The molecule has 2 fully saturated rings. The number of aromatic amines is 1. The second-order valence-corrected chi connectivity index (χ2v) is 7.96. The predicted octanol–water partition coefficient (Wildman–Crippen LogP) is 2.59. The SMILES string of the molecule is C=CC(=O)N1CC[C@@H](F)[C@@H](Nc2nc(NC(C=NC3CC3)=CN)nc3[nH]cc(Cl)c23)C1. The molecule has 5 N–H and O–H groups in total. The molecule has 1 aliphatic heterocycles. The molecule has 1 amide bonds. The largest absolute Gasteiger partial charge is 0.403 e. The normalized spacial score (nSPS) is 22.1. The number of hydrogen-bond acceptors (Lipinski definition) is 7. The van der Waals surface area contributed by atoms with E-state index in [1.54, 1.807) is 17.3 Å². The molecule has 2 aromatic rings. The van der Waals surface area contributed by atoms with Gasteiger partial charge in [0, 0.05) is 31.7 Å². The van der Waals surface area contributed by atoms with Crippen LogP contribution in [-0.4, -0.2) is 63.3 Å². The van der Waals surface area contributed by atoms with E-state index in [0.717, 1.165) is 12.8 Å². The number of amides is 1. The van der Waals surface area contributed by atoms with Crippen molar-refractivity contribution >= 4 is 46.5 Å². The fraction of sp³-hybridized carbons (Fsp3) is 0.400. The van der Waals surface area contributed by atoms with Gasteiger partial charge in [-0.1, -0.05) is 18.2 Å². The van der Waals surface area contributed by atoms with Gasteiger partial charge < -0.3 is 26.3 Å². The number of aromatic nitrogens is 3. The summed E-state index contributed by atoms with van der Waals surface area (Å²) in [5.74, 6) is 0.369. The van der Waals surface area contributed by atoms with Crippen LogP contribution in [0, 0.1) is 0 Å². The number of hydrogen-bond donors (Lipinski definition) is 4. The first-order valence-corrected chi connectivity index (χ1v) is 10.4. The average Bonchev–Trinajstić information content (AvgIpc) is 3.53. The number of anilines is 2. The Morgan fingerprint density at radius 3 is 2.94 bits per heavy atom. The number of fused-ring (bicyclic) bond motifs is 1. The molecule has 1 saturated carbocycles. The molecular weight excluding hydrogens is 423 g/mol. The van der Waals surface area contributed by atoms with E-state index in [4.69, 9.17) is 17.3 Å². The summed E-state index contributed by atoms with van der Waals surface area (Å²) in [4.78, 5) is 29.8. The van der Waals surface area contributed by atoms with Crippen LogP contribution in [0.3, 0.4) is 0 Å². The first-order chi connectivity index (χ1) is 15.0. The van der Waals surface area contributed by atoms with Crippen LogP contribution in [-0.2, 0) is 4.79 Å². The summed E-state index contributed by atoms with van der Waals surface area (Å²) in [7, 11) is 0. The Morgan fingerprint density at radius 2 is 2.23 bits per heavy atom. The van der Waals surface area contributed by atoms with E-state index in [9.17, 15) is 9.18 Å². The highest BCUT2D eigenvalue weighted by atomic mass is 35.5. The number of halogens is 2. The third-order valence-electron chi connectivity index (χ3n) is 5.23. The number of nitrogens with zero attached hydrogens (tertiary/aromatic N) is 4. The van der Waals surface area contributed by atoms with Crippen molar-refractivity contribution in [2.45, 2.75) is 37.5 Å². The lowest BCUT2D eigenvalue weighted by Crippen LogP contribution is -2.50. The zero-order valence-corrected chi connectivity index (χ0v) is 17.6. The third-order valence-corrected chi connectivity index (χ3v) is 5.53. The number of alkyl halides is 1. The number of carbonyl (C=O) groups excluding carboxylic acids is 1. The first kappa shape index (κ1) is 21.1. The van der Waals surface area contributed by atoms with Gasteiger partial charge in [0.1, 0.15) is 17.6 Å². The molecule has 0 bridgehead atoms. The van der Waals surface area contributed by atoms with Gasteiger partial charge in [0.15, 0.2) is 0 Å². The quantitative estimate of drug-likeness (QED) is 0.383. The zero-order chi connectivity index (χ0) is 22.0. The van der Waals surface area contributed by atoms with E-state index >= 15 is 0 Å². The number of piperidine rings is 1. The van der Waals surface area contributed by atoms with Crippen molar-refractivity contribution in [3.8, 4) is 0 Å². The highest BCUT2D eigenvalue weighted by molar-refractivity contribution is 6.36. The molecule has 3 heterocycles. The number of aliphatic imine (C=N–C) groups is 1. The van der Waals surface area contributed by atoms with Crippen LogP contribution < -0.4 is 16.4 Å². The van der Waals surface area contributed by atoms with Gasteiger partial charge in [-0.2, -0.15) is 9.97 Å². The maximum Gasteiger partial charge on any atom is 0.246 e. The Labute approximate surface area is 183 Å². The Hall–Kier alpha value is -3.14. The minimum absolute atomic E-state index is 0.185. The fourth-order valence-electron chi connectivity index (χ4n) is 3.38. The van der Waals surface area contributed by atoms with Gasteiger partial charge in [0.2, 0.25) is 11.9 Å². The monoisotopic (exact) mass is 446 g/mol. The molecule has 0 spiro atoms. The Bertz CT molecular complexity index is 1050. The predicted molar refractivity (Wildman–Crippen MR) is 120 cm³/mol. The van der Waals surface area contributed by atoms with Gasteiger partial charge in [-0.3, -0.25) is 9.79 Å². The second kappa shape index (κ2) is 8.93. The Balaban J connectivity index is 1.60. The van der Waals surface area contributed by atoms with Crippen molar-refractivity contribution in [2.75, 3.05) is 23.7 Å². The van der Waals surface area contributed by atoms with Gasteiger partial charge in [0.05, 0.1) is 28.2 Å². The summed E-state index contributed by atoms with van der Waals surface area (Å²) in [6, 6.07) is -0.316. The summed E-state index contributed by atoms with van der Waals surface area (Å²) >= 11 is 6.31. The number of nitrogens with one attached hydrogen (secondary N) is 3. The van der Waals surface area contributed by atoms with Gasteiger partial charge in [-0.15, -0.1) is 0 Å². The van der Waals surface area contributed by atoms with Crippen molar-refractivity contribution in [1.29, 1.82) is 0 Å². The molecule has 4 rings (SSSR count). The molecule has 0 aromatic carbocycles. The molecule has 2 aliphatic rings. The number of carbonyl (C=O) groups is 1. The second-order valence-electron chi connectivity index (χ2n) is 7.56. The van der Waals surface area contributed by atoms with Crippen molar-refractivity contribution in [3.05, 3.63) is 35.8 Å². The fourth-order valence-corrected chi connectivity index (χ4v) is 3.61. The van der Waals surface area contributed by atoms with Gasteiger partial charge in [0.25, 0.3) is 0 Å². The summed E-state index contributed by atoms with van der Waals surface area (Å²) in [5.41, 5.74) is 6.71. The van der Waals surface area contributed by atoms with E-state index in [2.05, 4.69) is 37.2 Å². The lowest BCUT2D eigenvalue weighted by atomic mass is 10.0. The Kier molecular flexibility index (Phi) is 6.08. The first-order valence-electron chi connectivity index (χ1n) is 10.1. The summed E-state index contributed by atoms with van der Waals surface area (Å²) in [6.45, 7) is 4.03. The van der Waals surface area contributed by atoms with E-state index in [1.807, 2.05) is 0 Å². The number of H-pyrrole nitrogens is 1. The summed E-state index contributed by atoms with van der Waals surface area (Å²) < 4.78 is 14.7. The molecule has 1 saturated heterocycles. The van der Waals surface area contributed by atoms with Crippen LogP contribution in [0.2, 0.25) is 5.02 Å². The van der Waals surface area contributed by atoms with Crippen molar-refractivity contribution in [2.24, 2.45) is 10.7 Å². The maximum atomic E-state index is 14.7. The van der Waals surface area contributed by atoms with Gasteiger partial charge in [-0.25, -0.2) is 4.39 Å². The summed E-state index contributed by atoms with van der Waals surface area (Å²) in [6.07, 6.45) is 7.06. The molecule has 31 heavy (non-hydrogen) atoms. The van der Waals surface area contributed by atoms with Crippen LogP contribution in [0.4, 0.5) is 16.2 Å². The van der Waals surface area contributed by atoms with Crippen LogP contribution in [0.5, 0.6) is 0 Å². The molecular formula is C20H24ClFN8O. The van der Waals surface area contributed by atoms with E-state index in [-0.39, 0.29) is 24.8 Å². The molecule has 9 nitrogen and oxygen atoms in total. The molecule has 0 radical (unpaired) electrons. The molecule has 11 heteroatoms. The Morgan fingerprint density at radius 1 is 1.42 bits per heavy atom. The number of rotatable bonds is 7. The maximum absolute atomic E-state index is 14.7. The number of likely N-dealkylation sites (tertiary alicyclic amines) is 1. The van der Waals surface area contributed by atoms with Crippen LogP contribution in [0.1, 0.15) is 19.3 Å². The van der Waals surface area contributed by atoms with E-state index in [0.29, 0.717) is 40.2 Å². The van der Waals surface area contributed by atoms with Crippen molar-refractivity contribution in [3.63, 3.8) is 0 Å². The van der Waals surface area contributed by atoms with Gasteiger partial charge in [-0.05, 0) is 25.3 Å². The van der Waals surface area contributed by atoms with Gasteiger partial charge >= 0.3 is 0 Å². The molecule has 2 atom stereocenters. The highest BCUT2D eigenvalue weighted by Gasteiger charge is 2.32. The minimum atomic E-state index is -1.15. The molecule has 2 aromatic heterocycles. The smallest absolute Gasteiger partial charge is 0.246 e. The minimum Gasteiger partial charge on any atom is -0.403 e. The van der Waals surface area contributed by atoms with Crippen molar-refractivity contribution in [1.82, 2.24) is 19.9 Å². The number of allylic oxidation sites excluding steroid dienone is 1. The molecule has 164 valence electrons. The molecule has 0 unspecified atom stereocenters. The van der Waals surface area contributed by atoms with E-state index in [1.165, 1.54) is 12.3 Å². The zero-order valence-electron chi connectivity index (χ0n) is 16.8. The van der Waals surface area contributed by atoms with Crippen molar-refractivity contribution < 1.29 is 9.18 Å². The number of nitrogens with two attached hydrogens (primary N) is 1. The average molecular weight is 447 g/mol. The topological polar surface area (TPSA) is 124 Å². The lowest BCUT2D eigenvalue weighted by Gasteiger charge is -2.35. The highest BCUT2D eigenvalue weighted by Crippen LogP contribution is 2.31. The lowest BCUT2D eigenvalue weighted by molar-refractivity contribution is -0.127. The summed E-state index contributed by atoms with van der Waals surface area (Å²) in [5, 5.41) is 7.09. The van der Waals surface area contributed by atoms with Crippen LogP contribution in [0.15, 0.2) is 35.7 Å². The van der Waals surface area contributed by atoms with Crippen LogP contribution >= 0.6 is 11.6 Å². The van der Waals surface area contributed by atoms with Crippen LogP contribution in [0.25, 0.3) is 11.0 Å². The standard InChI is InChI=1S/C20H24ClFN8O/c1-2-16(31)30-6-5-14(22)15(10-30)27-19-17-13(21)9-25-18(17)28-20(29-19)26-12(7-23)8-24-11-3-4-11/h2,7-9,11,14-15H,1,3-6,10,23H2,(H3,25,26,27,28,29)/t14-,15+/m1/s1. The third kappa shape index (κ3) is 4.79. The van der Waals surface area contributed by atoms with E-state index < -0.39 is 12.2 Å². The molecule has 1 aliphatic carbocycles.